The molecule has 3 heterocycles. The Morgan fingerprint density at radius 3 is 2.80 bits per heavy atom. The molecule has 1 aromatic carbocycles. The predicted octanol–water partition coefficient (Wildman–Crippen LogP) is 2.31. The molecule has 0 spiro atoms. The molecule has 2 aromatic rings. The Morgan fingerprint density at radius 2 is 2.10 bits per heavy atom. The van der Waals surface area contributed by atoms with Gasteiger partial charge in [0.1, 0.15) is 11.6 Å². The third kappa shape index (κ3) is 3.42. The molecule has 1 fully saturated rings. The van der Waals surface area contributed by atoms with Crippen LogP contribution in [0.4, 0.5) is 8.78 Å². The average molecular weight is 436 g/mol. The molecule has 0 bridgehead atoms. The molecule has 1 unspecified atom stereocenters. The van der Waals surface area contributed by atoms with Gasteiger partial charge in [-0.2, -0.15) is 0 Å². The van der Waals surface area contributed by atoms with Gasteiger partial charge in [-0.25, -0.2) is 8.78 Å². The van der Waals surface area contributed by atoms with Gasteiger partial charge in [-0.3, -0.25) is 14.4 Å². The topological polar surface area (TPSA) is 77.8 Å². The molecule has 0 radical (unpaired) electrons. The van der Waals surface area contributed by atoms with Crippen LogP contribution in [-0.2, 0) is 17.7 Å². The Balaban J connectivity index is 1.66. The van der Waals surface area contributed by atoms with E-state index in [2.05, 4.69) is 0 Å². The highest BCUT2D eigenvalue weighted by atomic mass is 31.0. The molecule has 2 aliphatic heterocycles. The fourth-order valence-corrected chi connectivity index (χ4v) is 4.09. The van der Waals surface area contributed by atoms with Crippen molar-refractivity contribution in [1.29, 1.82) is 0 Å². The van der Waals surface area contributed by atoms with E-state index in [9.17, 15) is 23.2 Å². The zero-order chi connectivity index (χ0) is 21.6. The van der Waals surface area contributed by atoms with Gasteiger partial charge in [-0.1, -0.05) is 6.07 Å². The minimum Gasteiger partial charge on any atom is -0.474 e. The number of rotatable bonds is 5. The first-order chi connectivity index (χ1) is 14.3. The van der Waals surface area contributed by atoms with Crippen molar-refractivity contribution in [2.24, 2.45) is 0 Å². The number of benzene rings is 1. The average Bonchev–Trinajstić information content (AvgIpc) is 3.08. The molecular weight excluding hydrogens is 417 g/mol. The summed E-state index contributed by atoms with van der Waals surface area (Å²) in [4.78, 5) is 40.1. The summed E-state index contributed by atoms with van der Waals surface area (Å²) in [5.41, 5.74) is -0.638. The summed E-state index contributed by atoms with van der Waals surface area (Å²) in [5.74, 6) is -2.63. The molecule has 0 N–H and O–H groups in total. The van der Waals surface area contributed by atoms with E-state index in [4.69, 9.17) is 9.26 Å². The van der Waals surface area contributed by atoms with Crippen LogP contribution in [-0.4, -0.2) is 40.0 Å². The number of carbonyl (C=O) groups is 2. The summed E-state index contributed by atoms with van der Waals surface area (Å²) < 4.78 is 39.1. The van der Waals surface area contributed by atoms with E-state index < -0.39 is 35.0 Å². The molecule has 2 aliphatic rings. The lowest BCUT2D eigenvalue weighted by molar-refractivity contribution is 0.00646. The number of nitrogens with zero attached hydrogens (tertiary/aromatic N) is 2. The number of Topliss-reactive ketones (excluding diaryl/α,β-unsaturated/α-hetero) is 1. The highest BCUT2D eigenvalue weighted by molar-refractivity contribution is 7.10. The molecule has 1 aromatic heterocycles. The van der Waals surface area contributed by atoms with Crippen LogP contribution < -0.4 is 9.95 Å². The van der Waals surface area contributed by atoms with Crippen LogP contribution in [0.5, 0.6) is 5.75 Å². The summed E-state index contributed by atoms with van der Waals surface area (Å²) in [5, 5.41) is 0. The maximum Gasteiger partial charge on any atom is 0.276 e. The lowest BCUT2D eigenvalue weighted by atomic mass is 10.0. The number of amides is 1. The first kappa shape index (κ1) is 20.6. The third-order valence-electron chi connectivity index (χ3n) is 5.40. The van der Waals surface area contributed by atoms with Crippen molar-refractivity contribution in [2.75, 3.05) is 6.61 Å². The number of aryl methyl sites for hydroxylation is 1. The van der Waals surface area contributed by atoms with Crippen molar-refractivity contribution in [3.8, 4) is 5.75 Å². The molecule has 3 atom stereocenters. The molecule has 0 aliphatic carbocycles. The Morgan fingerprint density at radius 1 is 1.33 bits per heavy atom. The van der Waals surface area contributed by atoms with Crippen molar-refractivity contribution in [1.82, 2.24) is 9.47 Å². The molecule has 7 nitrogen and oxygen atoms in total. The monoisotopic (exact) mass is 436 g/mol. The van der Waals surface area contributed by atoms with Crippen LogP contribution in [0.1, 0.15) is 39.8 Å². The molecule has 4 rings (SSSR count). The summed E-state index contributed by atoms with van der Waals surface area (Å²) in [6.07, 6.45) is 0.676. The number of carbonyl (C=O) groups excluding carboxylic acids is 2. The van der Waals surface area contributed by atoms with Crippen LogP contribution in [0.25, 0.3) is 0 Å². The van der Waals surface area contributed by atoms with Crippen molar-refractivity contribution in [2.45, 2.75) is 38.6 Å². The zero-order valence-electron chi connectivity index (χ0n) is 16.1. The fourth-order valence-electron chi connectivity index (χ4n) is 3.88. The van der Waals surface area contributed by atoms with Gasteiger partial charge in [0.05, 0.1) is 34.2 Å². The van der Waals surface area contributed by atoms with Crippen LogP contribution in [0.3, 0.4) is 0 Å². The number of ether oxygens (including phenoxy) is 1. The largest absolute Gasteiger partial charge is 0.474 e. The van der Waals surface area contributed by atoms with E-state index in [0.717, 1.165) is 12.1 Å². The second-order valence-electron chi connectivity index (χ2n) is 7.33. The third-order valence-corrected chi connectivity index (χ3v) is 5.63. The molecule has 158 valence electrons. The van der Waals surface area contributed by atoms with Crippen molar-refractivity contribution in [3.63, 3.8) is 0 Å². The number of ketones is 1. The van der Waals surface area contributed by atoms with Crippen molar-refractivity contribution >= 4 is 21.2 Å². The van der Waals surface area contributed by atoms with Gasteiger partial charge in [-0.05, 0) is 25.0 Å². The number of hydrogen-bond donors (Lipinski definition) is 0. The Kier molecular flexibility index (Phi) is 5.42. The van der Waals surface area contributed by atoms with Gasteiger partial charge in [0, 0.05) is 18.7 Å². The van der Waals surface area contributed by atoms with Crippen molar-refractivity contribution < 1.29 is 27.6 Å². The minimum atomic E-state index is -0.753. The molecule has 10 heteroatoms. The normalized spacial score (nSPS) is 20.1. The van der Waals surface area contributed by atoms with Crippen LogP contribution in [0.2, 0.25) is 0 Å². The lowest BCUT2D eigenvalue weighted by Gasteiger charge is -2.34. The molecule has 0 saturated carbocycles. The number of pyridine rings is 1. The lowest BCUT2D eigenvalue weighted by Crippen LogP contribution is -2.49. The second kappa shape index (κ2) is 7.89. The smallest absolute Gasteiger partial charge is 0.276 e. The van der Waals surface area contributed by atoms with Crippen LogP contribution in [0.15, 0.2) is 29.2 Å². The number of hydrogen-bond acceptors (Lipinski definition) is 5. The number of aromatic nitrogens is 1. The van der Waals surface area contributed by atoms with Crippen LogP contribution in [0, 0.1) is 11.6 Å². The van der Waals surface area contributed by atoms with Gasteiger partial charge in [-0.15, -0.1) is 0 Å². The second-order valence-corrected chi connectivity index (χ2v) is 7.56. The van der Waals surface area contributed by atoms with Gasteiger partial charge in [0.15, 0.2) is 23.5 Å². The predicted molar refractivity (Wildman–Crippen MR) is 105 cm³/mol. The SMILES string of the molecule is C[C@H]1CO[C@@H]2Cn3cc(C(=O)CCc4ccc(F)cc4F)c(=O)c(OP)c3C(=O)N12. The first-order valence-corrected chi connectivity index (χ1v) is 9.84. The Bertz CT molecular complexity index is 1100. The van der Waals surface area contributed by atoms with E-state index >= 15 is 0 Å². The molecule has 1 saturated heterocycles. The van der Waals surface area contributed by atoms with E-state index in [-0.39, 0.29) is 48.0 Å². The Hall–Kier alpha value is -2.64. The number of halogens is 2. The van der Waals surface area contributed by atoms with E-state index in [1.54, 1.807) is 4.90 Å². The van der Waals surface area contributed by atoms with E-state index in [0.29, 0.717) is 6.61 Å². The molecule has 1 amide bonds. The molecule has 30 heavy (non-hydrogen) atoms. The zero-order valence-corrected chi connectivity index (χ0v) is 17.2. The van der Waals surface area contributed by atoms with E-state index in [1.165, 1.54) is 16.8 Å². The highest BCUT2D eigenvalue weighted by Gasteiger charge is 2.43. The summed E-state index contributed by atoms with van der Waals surface area (Å²) in [6, 6.07) is 2.97. The summed E-state index contributed by atoms with van der Waals surface area (Å²) in [6.45, 7) is 2.47. The summed E-state index contributed by atoms with van der Waals surface area (Å²) >= 11 is 0. The highest BCUT2D eigenvalue weighted by Crippen LogP contribution is 2.30. The summed E-state index contributed by atoms with van der Waals surface area (Å²) in [7, 11) is 1.93. The Labute approximate surface area is 172 Å². The van der Waals surface area contributed by atoms with Gasteiger partial charge >= 0.3 is 0 Å². The standard InChI is InChI=1S/C20H19F2N2O5P/c1-10-9-28-16-8-23-7-13(18(26)19(29-30)17(23)20(27)24(10)16)15(25)5-3-11-2-4-12(21)6-14(11)22/h2,4,6-7,10,16H,3,5,8-9,30H2,1H3/t10-,16+/m0/s1. The minimum absolute atomic E-state index is 0.000831. The van der Waals surface area contributed by atoms with Gasteiger partial charge < -0.3 is 18.7 Å². The van der Waals surface area contributed by atoms with Gasteiger partial charge in [0.2, 0.25) is 5.43 Å². The maximum atomic E-state index is 13.8. The first-order valence-electron chi connectivity index (χ1n) is 9.37. The fraction of sp³-hybridized carbons (Fsp3) is 0.350. The maximum absolute atomic E-state index is 13.8. The van der Waals surface area contributed by atoms with E-state index in [1.807, 2.05) is 16.4 Å². The van der Waals surface area contributed by atoms with Crippen molar-refractivity contribution in [3.05, 3.63) is 63.1 Å². The van der Waals surface area contributed by atoms with Crippen LogP contribution >= 0.6 is 9.47 Å². The molecular formula is C20H19F2N2O5P. The number of fused-ring (bicyclic) bond motifs is 2. The van der Waals surface area contributed by atoms with Gasteiger partial charge in [0.25, 0.3) is 5.91 Å². The quantitative estimate of drug-likeness (QED) is 0.531.